The highest BCUT2D eigenvalue weighted by atomic mass is 79.9. The molecule has 0 aliphatic rings. The number of hydrogen-bond acceptors (Lipinski definition) is 3. The Labute approximate surface area is 156 Å². The van der Waals surface area contributed by atoms with Gasteiger partial charge in [0.2, 0.25) is 0 Å². The van der Waals surface area contributed by atoms with Crippen LogP contribution in [0.2, 0.25) is 0 Å². The number of nitrogens with one attached hydrogen (secondary N) is 1. The molecule has 0 fully saturated rings. The summed E-state index contributed by atoms with van der Waals surface area (Å²) in [6, 6.07) is 17.0. The van der Waals surface area contributed by atoms with Crippen LogP contribution in [-0.2, 0) is 11.3 Å². The standard InChI is InChI=1S/C20H19BrN2O2/c1-2-10-25-19-9-8-18(21)12-16(19)11-17(13-22)20(24)23-14-15-6-4-3-5-7-15/h3-9,11-12H,2,10,14H2,1H3,(H,23,24)/b17-11+. The van der Waals surface area contributed by atoms with Crippen LogP contribution in [0.5, 0.6) is 5.75 Å². The summed E-state index contributed by atoms with van der Waals surface area (Å²) in [7, 11) is 0. The monoisotopic (exact) mass is 398 g/mol. The SMILES string of the molecule is CCCOc1ccc(Br)cc1/C=C(\C#N)C(=O)NCc1ccccc1. The Morgan fingerprint density at radius 3 is 2.72 bits per heavy atom. The first-order valence-corrected chi connectivity index (χ1v) is 8.79. The van der Waals surface area contributed by atoms with Gasteiger partial charge in [-0.3, -0.25) is 4.79 Å². The van der Waals surface area contributed by atoms with Crippen LogP contribution in [0.15, 0.2) is 58.6 Å². The number of carbonyl (C=O) groups is 1. The number of halogens is 1. The molecule has 4 nitrogen and oxygen atoms in total. The number of nitrogens with zero attached hydrogens (tertiary/aromatic N) is 1. The van der Waals surface area contributed by atoms with E-state index in [9.17, 15) is 10.1 Å². The van der Waals surface area contributed by atoms with E-state index in [1.54, 1.807) is 6.08 Å². The van der Waals surface area contributed by atoms with Crippen LogP contribution >= 0.6 is 15.9 Å². The van der Waals surface area contributed by atoms with Crippen molar-refractivity contribution >= 4 is 27.9 Å². The van der Waals surface area contributed by atoms with Crippen LogP contribution in [0.25, 0.3) is 6.08 Å². The van der Waals surface area contributed by atoms with Crippen LogP contribution in [0, 0.1) is 11.3 Å². The second-order valence-electron chi connectivity index (χ2n) is 5.37. The summed E-state index contributed by atoms with van der Waals surface area (Å²) in [5.74, 6) is 0.237. The highest BCUT2D eigenvalue weighted by Crippen LogP contribution is 2.25. The second kappa shape index (κ2) is 9.65. The fourth-order valence-corrected chi connectivity index (χ4v) is 2.53. The van der Waals surface area contributed by atoms with Gasteiger partial charge >= 0.3 is 0 Å². The van der Waals surface area contributed by atoms with Gasteiger partial charge in [-0.05, 0) is 36.3 Å². The number of nitriles is 1. The Hall–Kier alpha value is -2.58. The van der Waals surface area contributed by atoms with E-state index < -0.39 is 5.91 Å². The molecule has 0 aliphatic heterocycles. The smallest absolute Gasteiger partial charge is 0.262 e. The fraction of sp³-hybridized carbons (Fsp3) is 0.200. The molecule has 128 valence electrons. The van der Waals surface area contributed by atoms with Gasteiger partial charge in [0.1, 0.15) is 17.4 Å². The Balaban J connectivity index is 2.17. The molecular formula is C20H19BrN2O2. The molecule has 0 saturated heterocycles. The lowest BCUT2D eigenvalue weighted by Crippen LogP contribution is -2.23. The van der Waals surface area contributed by atoms with Gasteiger partial charge in [0.15, 0.2) is 0 Å². The number of benzene rings is 2. The number of ether oxygens (including phenoxy) is 1. The summed E-state index contributed by atoms with van der Waals surface area (Å²) < 4.78 is 6.54. The quantitative estimate of drug-likeness (QED) is 0.552. The van der Waals surface area contributed by atoms with Crippen molar-refractivity contribution in [1.29, 1.82) is 5.26 Å². The van der Waals surface area contributed by atoms with E-state index in [0.29, 0.717) is 24.5 Å². The number of amides is 1. The van der Waals surface area contributed by atoms with E-state index in [4.69, 9.17) is 4.74 Å². The third-order valence-electron chi connectivity index (χ3n) is 3.39. The predicted molar refractivity (Wildman–Crippen MR) is 102 cm³/mol. The minimum atomic E-state index is -0.409. The molecule has 1 amide bonds. The molecule has 25 heavy (non-hydrogen) atoms. The van der Waals surface area contributed by atoms with Gasteiger partial charge in [-0.15, -0.1) is 0 Å². The minimum absolute atomic E-state index is 0.0374. The Bertz CT molecular complexity index is 795. The summed E-state index contributed by atoms with van der Waals surface area (Å²) in [5, 5.41) is 12.1. The van der Waals surface area contributed by atoms with E-state index in [0.717, 1.165) is 16.5 Å². The van der Waals surface area contributed by atoms with E-state index in [2.05, 4.69) is 21.2 Å². The van der Waals surface area contributed by atoms with Crippen LogP contribution in [0.4, 0.5) is 0 Å². The zero-order valence-electron chi connectivity index (χ0n) is 14.0. The molecule has 0 saturated carbocycles. The number of rotatable bonds is 7. The molecule has 0 radical (unpaired) electrons. The summed E-state index contributed by atoms with van der Waals surface area (Å²) in [6.45, 7) is 2.97. The van der Waals surface area contributed by atoms with Crippen LogP contribution < -0.4 is 10.1 Å². The maximum atomic E-state index is 12.3. The minimum Gasteiger partial charge on any atom is -0.493 e. The van der Waals surface area contributed by atoms with Gasteiger partial charge < -0.3 is 10.1 Å². The van der Waals surface area contributed by atoms with E-state index >= 15 is 0 Å². The summed E-state index contributed by atoms with van der Waals surface area (Å²) in [4.78, 5) is 12.3. The molecule has 2 aromatic carbocycles. The molecule has 0 aromatic heterocycles. The van der Waals surface area contributed by atoms with Crippen molar-refractivity contribution in [3.63, 3.8) is 0 Å². The topological polar surface area (TPSA) is 62.1 Å². The zero-order chi connectivity index (χ0) is 18.1. The Morgan fingerprint density at radius 1 is 1.28 bits per heavy atom. The maximum absolute atomic E-state index is 12.3. The highest BCUT2D eigenvalue weighted by Gasteiger charge is 2.11. The zero-order valence-corrected chi connectivity index (χ0v) is 15.5. The van der Waals surface area contributed by atoms with Crippen molar-refractivity contribution in [2.45, 2.75) is 19.9 Å². The van der Waals surface area contributed by atoms with Crippen molar-refractivity contribution in [3.8, 4) is 11.8 Å². The Morgan fingerprint density at radius 2 is 2.04 bits per heavy atom. The van der Waals surface area contributed by atoms with Crippen molar-refractivity contribution < 1.29 is 9.53 Å². The fourth-order valence-electron chi connectivity index (χ4n) is 2.15. The van der Waals surface area contributed by atoms with Gasteiger partial charge in [0.05, 0.1) is 6.61 Å². The van der Waals surface area contributed by atoms with Crippen molar-refractivity contribution in [1.82, 2.24) is 5.32 Å². The summed E-state index contributed by atoms with van der Waals surface area (Å²) >= 11 is 3.41. The van der Waals surface area contributed by atoms with Crippen molar-refractivity contribution in [2.75, 3.05) is 6.61 Å². The van der Waals surface area contributed by atoms with E-state index in [1.165, 1.54) is 0 Å². The van der Waals surface area contributed by atoms with Crippen LogP contribution in [0.3, 0.4) is 0 Å². The predicted octanol–water partition coefficient (Wildman–Crippen LogP) is 4.46. The first kappa shape index (κ1) is 18.8. The summed E-state index contributed by atoms with van der Waals surface area (Å²) in [6.07, 6.45) is 2.43. The molecule has 0 heterocycles. The Kier molecular flexibility index (Phi) is 7.24. The van der Waals surface area contributed by atoms with Gasteiger partial charge in [-0.1, -0.05) is 53.2 Å². The maximum Gasteiger partial charge on any atom is 0.262 e. The van der Waals surface area contributed by atoms with Crippen molar-refractivity contribution in [2.24, 2.45) is 0 Å². The van der Waals surface area contributed by atoms with Gasteiger partial charge in [0, 0.05) is 16.6 Å². The van der Waals surface area contributed by atoms with Crippen LogP contribution in [-0.4, -0.2) is 12.5 Å². The van der Waals surface area contributed by atoms with Gasteiger partial charge in [-0.25, -0.2) is 0 Å². The number of carbonyl (C=O) groups excluding carboxylic acids is 1. The molecule has 0 bridgehead atoms. The lowest BCUT2D eigenvalue weighted by molar-refractivity contribution is -0.117. The van der Waals surface area contributed by atoms with Gasteiger partial charge in [-0.2, -0.15) is 5.26 Å². The van der Waals surface area contributed by atoms with E-state index in [-0.39, 0.29) is 5.57 Å². The first-order chi connectivity index (χ1) is 12.1. The lowest BCUT2D eigenvalue weighted by Gasteiger charge is -2.09. The first-order valence-electron chi connectivity index (χ1n) is 8.00. The third-order valence-corrected chi connectivity index (χ3v) is 3.89. The summed E-state index contributed by atoms with van der Waals surface area (Å²) in [5.41, 5.74) is 1.70. The second-order valence-corrected chi connectivity index (χ2v) is 6.28. The van der Waals surface area contributed by atoms with E-state index in [1.807, 2.05) is 61.5 Å². The molecule has 0 spiro atoms. The average Bonchev–Trinajstić information content (AvgIpc) is 2.64. The van der Waals surface area contributed by atoms with Crippen molar-refractivity contribution in [3.05, 3.63) is 69.7 Å². The molecule has 1 N–H and O–H groups in total. The largest absolute Gasteiger partial charge is 0.493 e. The molecule has 5 heteroatoms. The normalized spacial score (nSPS) is 10.8. The molecule has 0 aliphatic carbocycles. The molecular weight excluding hydrogens is 380 g/mol. The molecule has 0 unspecified atom stereocenters. The highest BCUT2D eigenvalue weighted by molar-refractivity contribution is 9.10. The molecule has 2 rings (SSSR count). The molecule has 2 aromatic rings. The number of hydrogen-bond donors (Lipinski definition) is 1. The lowest BCUT2D eigenvalue weighted by atomic mass is 10.1. The van der Waals surface area contributed by atoms with Gasteiger partial charge in [0.25, 0.3) is 5.91 Å². The van der Waals surface area contributed by atoms with Crippen LogP contribution in [0.1, 0.15) is 24.5 Å². The average molecular weight is 399 g/mol. The molecule has 0 atom stereocenters. The third kappa shape index (κ3) is 5.77.